The number of aliphatic hydroxyl groups excluding tert-OH is 1. The Hall–Kier alpha value is -4.61. The Kier molecular flexibility index (Phi) is 10.0. The van der Waals surface area contributed by atoms with Gasteiger partial charge in [0.25, 0.3) is 5.56 Å². The van der Waals surface area contributed by atoms with Crippen molar-refractivity contribution in [2.24, 2.45) is 5.41 Å². The Labute approximate surface area is 282 Å². The Morgan fingerprint density at radius 2 is 1.96 bits per heavy atom. The first-order chi connectivity index (χ1) is 22.9. The van der Waals surface area contributed by atoms with Gasteiger partial charge >= 0.3 is 5.97 Å². The van der Waals surface area contributed by atoms with E-state index in [1.54, 1.807) is 68.1 Å². The fourth-order valence-electron chi connectivity index (χ4n) is 5.84. The minimum Gasteiger partial charge on any atom is -0.463 e. The van der Waals surface area contributed by atoms with E-state index in [0.717, 1.165) is 0 Å². The number of anilines is 1. The number of hydrogen-bond donors (Lipinski definition) is 2. The van der Waals surface area contributed by atoms with Crippen molar-refractivity contribution in [3.8, 4) is 23.5 Å². The number of fused-ring (bicyclic) bond motifs is 1. The number of nitrogens with zero attached hydrogens (tertiary/aromatic N) is 5. The molecule has 3 aromatic heterocycles. The highest BCUT2D eigenvalue weighted by Crippen LogP contribution is 2.45. The molecule has 1 saturated heterocycles. The Bertz CT molecular complexity index is 1940. The van der Waals surface area contributed by atoms with Crippen LogP contribution in [-0.2, 0) is 36.8 Å². The van der Waals surface area contributed by atoms with Crippen LogP contribution in [0.15, 0.2) is 53.7 Å². The molecule has 0 bridgehead atoms. The topological polar surface area (TPSA) is 160 Å². The Morgan fingerprint density at radius 1 is 1.23 bits per heavy atom. The molecule has 1 aromatic carbocycles. The van der Waals surface area contributed by atoms with E-state index in [1.165, 1.54) is 17.8 Å². The molecule has 2 N–H and O–H groups in total. The number of esters is 1. The predicted molar refractivity (Wildman–Crippen MR) is 178 cm³/mol. The molecule has 48 heavy (non-hydrogen) atoms. The van der Waals surface area contributed by atoms with Crippen LogP contribution in [0.25, 0.3) is 22.3 Å². The first kappa shape index (κ1) is 34.7. The summed E-state index contributed by atoms with van der Waals surface area (Å²) < 4.78 is 21.0. The highest BCUT2D eigenvalue weighted by atomic mass is 35.5. The molecule has 1 aliphatic heterocycles. The number of nitrogens with one attached hydrogen (secondary N) is 1. The average molecular weight is 677 g/mol. The summed E-state index contributed by atoms with van der Waals surface area (Å²) >= 11 is 6.15. The van der Waals surface area contributed by atoms with Crippen LogP contribution >= 0.6 is 11.6 Å². The van der Waals surface area contributed by atoms with Gasteiger partial charge in [0, 0.05) is 31.8 Å². The van der Waals surface area contributed by atoms with Crippen molar-refractivity contribution in [2.75, 3.05) is 25.6 Å². The van der Waals surface area contributed by atoms with Gasteiger partial charge in [-0.25, -0.2) is 9.78 Å². The number of hydrogen-bond acceptors (Lipinski definition) is 11. The van der Waals surface area contributed by atoms with Crippen LogP contribution in [0.4, 0.5) is 5.82 Å². The Morgan fingerprint density at radius 3 is 2.58 bits per heavy atom. The lowest BCUT2D eigenvalue weighted by atomic mass is 9.81. The number of imidazole rings is 1. The molecule has 13 nitrogen and oxygen atoms in total. The Balaban J connectivity index is 1.45. The van der Waals surface area contributed by atoms with Gasteiger partial charge in [0.05, 0.1) is 25.0 Å². The van der Waals surface area contributed by atoms with E-state index < -0.39 is 41.2 Å². The van der Waals surface area contributed by atoms with Crippen molar-refractivity contribution in [3.05, 3.63) is 70.1 Å². The second-order valence-electron chi connectivity index (χ2n) is 11.6. The first-order valence-electron chi connectivity index (χ1n) is 15.4. The third-order valence-electron chi connectivity index (χ3n) is 8.81. The predicted octanol–water partition coefficient (Wildman–Crippen LogP) is 3.42. The van der Waals surface area contributed by atoms with Crippen LogP contribution in [0.3, 0.4) is 0 Å². The van der Waals surface area contributed by atoms with Crippen LogP contribution in [-0.4, -0.2) is 79.0 Å². The monoisotopic (exact) mass is 676 g/mol. The van der Waals surface area contributed by atoms with E-state index in [9.17, 15) is 19.5 Å². The van der Waals surface area contributed by atoms with Crippen LogP contribution in [0.5, 0.6) is 0 Å². The quantitative estimate of drug-likeness (QED) is 0.0980. The van der Waals surface area contributed by atoms with Gasteiger partial charge in [-0.2, -0.15) is 9.97 Å². The number of terminal acetylenes is 1. The summed E-state index contributed by atoms with van der Waals surface area (Å²) in [4.78, 5) is 52.5. The maximum absolute atomic E-state index is 13.5. The van der Waals surface area contributed by atoms with Crippen LogP contribution in [0.1, 0.15) is 39.5 Å². The molecule has 1 fully saturated rings. The molecule has 1 unspecified atom stereocenters. The minimum atomic E-state index is -2.06. The number of rotatable bonds is 12. The average Bonchev–Trinajstić information content (AvgIpc) is 3.60. The van der Waals surface area contributed by atoms with E-state index in [-0.39, 0.29) is 30.5 Å². The fourth-order valence-corrected chi connectivity index (χ4v) is 6.01. The van der Waals surface area contributed by atoms with Gasteiger partial charge in [0.1, 0.15) is 12.2 Å². The van der Waals surface area contributed by atoms with Crippen molar-refractivity contribution in [2.45, 2.75) is 64.7 Å². The number of carbonyl (C=O) groups excluding carboxylic acids is 2. The van der Waals surface area contributed by atoms with Crippen molar-refractivity contribution in [3.63, 3.8) is 0 Å². The van der Waals surface area contributed by atoms with Gasteiger partial charge in [0.2, 0.25) is 10.9 Å². The molecule has 14 heteroatoms. The molecule has 0 radical (unpaired) electrons. The lowest BCUT2D eigenvalue weighted by Crippen LogP contribution is -2.53. The zero-order valence-corrected chi connectivity index (χ0v) is 28.0. The van der Waals surface area contributed by atoms with Crippen molar-refractivity contribution in [1.29, 1.82) is 0 Å². The molecular weight excluding hydrogens is 640 g/mol. The molecule has 5 atom stereocenters. The highest BCUT2D eigenvalue weighted by molar-refractivity contribution is 6.28. The molecule has 0 spiro atoms. The molecule has 0 saturated carbocycles. The molecular formula is C34H37ClN6O7. The maximum Gasteiger partial charge on any atom is 0.346 e. The van der Waals surface area contributed by atoms with Crippen molar-refractivity contribution >= 4 is 40.3 Å². The van der Waals surface area contributed by atoms with E-state index in [4.69, 9.17) is 32.2 Å². The summed E-state index contributed by atoms with van der Waals surface area (Å²) in [5.74, 6) is 1.54. The van der Waals surface area contributed by atoms with Gasteiger partial charge in [-0.3, -0.25) is 14.2 Å². The number of aromatic nitrogens is 5. The summed E-state index contributed by atoms with van der Waals surface area (Å²) in [6.07, 6.45) is 5.60. The smallest absolute Gasteiger partial charge is 0.346 e. The molecule has 1 aliphatic rings. The second-order valence-corrected chi connectivity index (χ2v) is 11.9. The van der Waals surface area contributed by atoms with Crippen LogP contribution in [0, 0.1) is 17.8 Å². The zero-order valence-electron chi connectivity index (χ0n) is 27.3. The number of ketones is 1. The molecule has 0 aliphatic carbocycles. The summed E-state index contributed by atoms with van der Waals surface area (Å²) in [7, 11) is 1.66. The van der Waals surface area contributed by atoms with Crippen molar-refractivity contribution < 1.29 is 28.9 Å². The van der Waals surface area contributed by atoms with E-state index in [1.807, 2.05) is 6.92 Å². The molecule has 0 amide bonds. The van der Waals surface area contributed by atoms with Crippen molar-refractivity contribution in [1.82, 2.24) is 24.1 Å². The molecule has 252 valence electrons. The fraction of sp³-hybridized carbons (Fsp3) is 0.412. The van der Waals surface area contributed by atoms with Crippen LogP contribution in [0.2, 0.25) is 5.28 Å². The number of halogens is 1. The zero-order chi connectivity index (χ0) is 34.8. The number of aliphatic hydroxyl groups is 1. The minimum absolute atomic E-state index is 0.00336. The van der Waals surface area contributed by atoms with Gasteiger partial charge in [-0.15, -0.1) is 6.42 Å². The second kappa shape index (κ2) is 13.9. The number of pyridine rings is 1. The van der Waals surface area contributed by atoms with E-state index in [0.29, 0.717) is 40.2 Å². The lowest BCUT2D eigenvalue weighted by Gasteiger charge is -2.33. The van der Waals surface area contributed by atoms with Gasteiger partial charge in [-0.05, 0) is 62.6 Å². The van der Waals surface area contributed by atoms with Gasteiger partial charge in [0.15, 0.2) is 29.0 Å². The van der Waals surface area contributed by atoms with Gasteiger partial charge in [-0.1, -0.05) is 30.2 Å². The summed E-state index contributed by atoms with van der Waals surface area (Å²) in [6.45, 7) is 6.57. The summed E-state index contributed by atoms with van der Waals surface area (Å²) in [5.41, 5.74) is -1.05. The normalized spacial score (nSPS) is 21.8. The SMILES string of the molecule is C#C[C@@]1(C)[C@@H](COC(Cc2ccc(-c3cccn(CC)c3=O)cc2)(C(C)=O)C(=O)OCC)O[C@@H](n2cnc3c(NC)nc(Cl)nc32)[C@@H]1O. The molecule has 4 aromatic rings. The number of aryl methyl sites for hydroxylation is 1. The van der Waals surface area contributed by atoms with E-state index >= 15 is 0 Å². The molecule has 4 heterocycles. The maximum atomic E-state index is 13.5. The number of benzene rings is 1. The van der Waals surface area contributed by atoms with E-state index in [2.05, 4.69) is 26.2 Å². The third kappa shape index (κ3) is 6.08. The number of ether oxygens (including phenoxy) is 3. The summed E-state index contributed by atoms with van der Waals surface area (Å²) in [6, 6.07) is 10.5. The van der Waals surface area contributed by atoms with Crippen LogP contribution < -0.4 is 10.9 Å². The largest absolute Gasteiger partial charge is 0.463 e. The first-order valence-corrected chi connectivity index (χ1v) is 15.8. The standard InChI is InChI=1S/C34H37ClN6O7/c1-7-33(5)24(48-30(26(33)43)41-19-37-25-27(36-6)38-32(35)39-28(25)41)18-47-34(20(4)42,31(45)46-9-3)17-21-12-14-22(15-13-21)23-11-10-16-40(8-2)29(23)44/h1,10-16,19,24,26,30,43H,8-9,17-18H2,2-6H3,(H,36,38,39)/t24-,26+,30-,33+,34?/m1/s1. The summed E-state index contributed by atoms with van der Waals surface area (Å²) in [5, 5.41) is 14.4. The molecule has 5 rings (SSSR count). The van der Waals surface area contributed by atoms with Gasteiger partial charge < -0.3 is 29.2 Å². The number of carbonyl (C=O) groups is 2. The highest BCUT2D eigenvalue weighted by Gasteiger charge is 2.55. The lowest BCUT2D eigenvalue weighted by molar-refractivity contribution is -0.182. The third-order valence-corrected chi connectivity index (χ3v) is 8.98. The number of Topliss-reactive ketones (excluding diaryl/α,β-unsaturated/α-hetero) is 1.